The van der Waals surface area contributed by atoms with Crippen molar-refractivity contribution in [3.8, 4) is 0 Å². The van der Waals surface area contributed by atoms with E-state index in [-0.39, 0.29) is 0 Å². The second kappa shape index (κ2) is 5.58. The normalized spacial score (nSPS) is 19.7. The lowest BCUT2D eigenvalue weighted by atomic mass is 10.2. The third kappa shape index (κ3) is 2.65. The van der Waals surface area contributed by atoms with E-state index in [2.05, 4.69) is 27.1 Å². The Hall–Kier alpha value is -0.970. The van der Waals surface area contributed by atoms with E-state index in [0.717, 1.165) is 23.3 Å². The molecule has 0 bridgehead atoms. The van der Waals surface area contributed by atoms with Crippen molar-refractivity contribution >= 4 is 23.4 Å². The molecule has 1 atom stereocenters. The Morgan fingerprint density at radius 2 is 2.35 bits per heavy atom. The van der Waals surface area contributed by atoms with Crippen LogP contribution in [0, 0.1) is 0 Å². The smallest absolute Gasteiger partial charge is 0.191 e. The molecule has 17 heavy (non-hydrogen) atoms. The Kier molecular flexibility index (Phi) is 4.10. The van der Waals surface area contributed by atoms with Gasteiger partial charge >= 0.3 is 0 Å². The number of hydrogen-bond acceptors (Lipinski definition) is 5. The predicted octanol–water partition coefficient (Wildman–Crippen LogP) is 2.62. The van der Waals surface area contributed by atoms with Crippen molar-refractivity contribution in [1.82, 2.24) is 9.97 Å². The van der Waals surface area contributed by atoms with Crippen LogP contribution in [0.3, 0.4) is 0 Å². The first kappa shape index (κ1) is 12.5. The molecular weight excluding hydrogens is 232 g/mol. The molecule has 5 heteroatoms. The maximum absolute atomic E-state index is 4.62. The highest BCUT2D eigenvalue weighted by Crippen LogP contribution is 2.28. The highest BCUT2D eigenvalue weighted by molar-refractivity contribution is 7.98. The zero-order valence-electron chi connectivity index (χ0n) is 10.7. The van der Waals surface area contributed by atoms with E-state index in [1.165, 1.54) is 19.3 Å². The topological polar surface area (TPSA) is 41.0 Å². The molecule has 1 N–H and O–H groups in total. The molecule has 0 amide bonds. The van der Waals surface area contributed by atoms with E-state index >= 15 is 0 Å². The molecule has 0 aliphatic carbocycles. The minimum absolute atomic E-state index is 0.643. The number of anilines is 2. The van der Waals surface area contributed by atoms with Crippen LogP contribution in [0.1, 0.15) is 26.2 Å². The number of aromatic nitrogens is 2. The van der Waals surface area contributed by atoms with Gasteiger partial charge < -0.3 is 10.2 Å². The summed E-state index contributed by atoms with van der Waals surface area (Å²) in [5, 5.41) is 3.95. The lowest BCUT2D eigenvalue weighted by Crippen LogP contribution is -2.29. The summed E-state index contributed by atoms with van der Waals surface area (Å²) in [6, 6.07) is 2.69. The fraction of sp³-hybridized carbons (Fsp3) is 0.667. The van der Waals surface area contributed by atoms with E-state index in [1.54, 1.807) is 11.8 Å². The monoisotopic (exact) mass is 252 g/mol. The molecule has 1 aliphatic heterocycles. The third-order valence-corrected chi connectivity index (χ3v) is 3.82. The lowest BCUT2D eigenvalue weighted by molar-refractivity contribution is 0.637. The molecule has 94 valence electrons. The molecule has 0 spiro atoms. The quantitative estimate of drug-likeness (QED) is 0.659. The molecular formula is C12H20N4S. The summed E-state index contributed by atoms with van der Waals surface area (Å²) in [5.41, 5.74) is 0. The Morgan fingerprint density at radius 1 is 1.53 bits per heavy atom. The van der Waals surface area contributed by atoms with E-state index in [4.69, 9.17) is 0 Å². The Balaban J connectivity index is 2.30. The summed E-state index contributed by atoms with van der Waals surface area (Å²) < 4.78 is 0. The van der Waals surface area contributed by atoms with Crippen LogP contribution in [0.4, 0.5) is 11.6 Å². The molecule has 1 aromatic rings. The van der Waals surface area contributed by atoms with Gasteiger partial charge in [-0.2, -0.15) is 0 Å². The number of hydrogen-bond donors (Lipinski definition) is 1. The van der Waals surface area contributed by atoms with Crippen molar-refractivity contribution < 1.29 is 0 Å². The fourth-order valence-corrected chi connectivity index (χ4v) is 2.72. The van der Waals surface area contributed by atoms with Crippen LogP contribution in [-0.4, -0.2) is 35.9 Å². The Bertz CT molecular complexity index is 361. The number of nitrogens with one attached hydrogen (secondary N) is 1. The summed E-state index contributed by atoms with van der Waals surface area (Å²) >= 11 is 1.59. The highest BCUT2D eigenvalue weighted by Gasteiger charge is 2.24. The molecule has 0 saturated carbocycles. The molecule has 0 aromatic carbocycles. The maximum atomic E-state index is 4.62. The summed E-state index contributed by atoms with van der Waals surface area (Å²) in [4.78, 5) is 11.4. The molecule has 2 rings (SSSR count). The van der Waals surface area contributed by atoms with Crippen molar-refractivity contribution in [1.29, 1.82) is 0 Å². The van der Waals surface area contributed by atoms with Crippen molar-refractivity contribution in [2.45, 2.75) is 37.4 Å². The van der Waals surface area contributed by atoms with Crippen molar-refractivity contribution in [2.24, 2.45) is 0 Å². The molecule has 1 fully saturated rings. The molecule has 0 radical (unpaired) electrons. The number of rotatable bonds is 4. The van der Waals surface area contributed by atoms with Crippen LogP contribution < -0.4 is 10.2 Å². The van der Waals surface area contributed by atoms with E-state index in [1.807, 2.05) is 19.4 Å². The average Bonchev–Trinajstić information content (AvgIpc) is 2.86. The standard InChI is InChI=1S/C12H20N4S/c1-4-9-6-5-7-16(9)11-8-10(13-2)14-12(15-11)17-3/h8-9H,4-7H2,1-3H3,(H,13,14,15). The SMILES string of the molecule is CCC1CCCN1c1cc(NC)nc(SC)n1. The summed E-state index contributed by atoms with van der Waals surface area (Å²) in [5.74, 6) is 1.97. The van der Waals surface area contributed by atoms with Gasteiger partial charge in [-0.15, -0.1) is 0 Å². The van der Waals surface area contributed by atoms with Crippen LogP contribution in [-0.2, 0) is 0 Å². The van der Waals surface area contributed by atoms with Crippen molar-refractivity contribution in [3.05, 3.63) is 6.07 Å². The first-order valence-electron chi connectivity index (χ1n) is 6.16. The zero-order chi connectivity index (χ0) is 12.3. The molecule has 2 heterocycles. The van der Waals surface area contributed by atoms with E-state index in [0.29, 0.717) is 6.04 Å². The largest absolute Gasteiger partial charge is 0.373 e. The van der Waals surface area contributed by atoms with Crippen molar-refractivity contribution in [2.75, 3.05) is 30.1 Å². The summed E-state index contributed by atoms with van der Waals surface area (Å²) in [6.07, 6.45) is 5.75. The van der Waals surface area contributed by atoms with Gasteiger partial charge in [0.2, 0.25) is 0 Å². The van der Waals surface area contributed by atoms with Crippen LogP contribution in [0.25, 0.3) is 0 Å². The van der Waals surface area contributed by atoms with Crippen LogP contribution in [0.2, 0.25) is 0 Å². The zero-order valence-corrected chi connectivity index (χ0v) is 11.5. The van der Waals surface area contributed by atoms with Crippen molar-refractivity contribution in [3.63, 3.8) is 0 Å². The molecule has 1 aromatic heterocycles. The second-order valence-corrected chi connectivity index (χ2v) is 5.02. The van der Waals surface area contributed by atoms with Crippen LogP contribution >= 0.6 is 11.8 Å². The van der Waals surface area contributed by atoms with Gasteiger partial charge in [-0.3, -0.25) is 0 Å². The first-order valence-corrected chi connectivity index (χ1v) is 7.38. The van der Waals surface area contributed by atoms with Gasteiger partial charge in [-0.1, -0.05) is 18.7 Å². The summed E-state index contributed by atoms with van der Waals surface area (Å²) in [7, 11) is 1.90. The van der Waals surface area contributed by atoms with Gasteiger partial charge in [0.15, 0.2) is 5.16 Å². The van der Waals surface area contributed by atoms with E-state index in [9.17, 15) is 0 Å². The van der Waals surface area contributed by atoms with Gasteiger partial charge in [0.1, 0.15) is 11.6 Å². The van der Waals surface area contributed by atoms with Gasteiger partial charge in [0, 0.05) is 25.7 Å². The van der Waals surface area contributed by atoms with E-state index < -0.39 is 0 Å². The lowest BCUT2D eigenvalue weighted by Gasteiger charge is -2.25. The Morgan fingerprint density at radius 3 is 3.00 bits per heavy atom. The second-order valence-electron chi connectivity index (χ2n) is 4.25. The van der Waals surface area contributed by atoms with Gasteiger partial charge in [0.05, 0.1) is 0 Å². The summed E-state index contributed by atoms with van der Waals surface area (Å²) in [6.45, 7) is 3.37. The number of nitrogens with zero attached hydrogens (tertiary/aromatic N) is 3. The molecule has 1 unspecified atom stereocenters. The highest BCUT2D eigenvalue weighted by atomic mass is 32.2. The minimum atomic E-state index is 0.643. The maximum Gasteiger partial charge on any atom is 0.191 e. The molecule has 1 saturated heterocycles. The van der Waals surface area contributed by atoms with Gasteiger partial charge in [-0.25, -0.2) is 9.97 Å². The van der Waals surface area contributed by atoms with Crippen LogP contribution in [0.5, 0.6) is 0 Å². The predicted molar refractivity (Wildman–Crippen MR) is 74.0 cm³/mol. The van der Waals surface area contributed by atoms with Gasteiger partial charge in [0.25, 0.3) is 0 Å². The minimum Gasteiger partial charge on any atom is -0.373 e. The average molecular weight is 252 g/mol. The Labute approximate surface area is 107 Å². The van der Waals surface area contributed by atoms with Crippen LogP contribution in [0.15, 0.2) is 11.2 Å². The molecule has 4 nitrogen and oxygen atoms in total. The van der Waals surface area contributed by atoms with Gasteiger partial charge in [-0.05, 0) is 25.5 Å². The molecule has 1 aliphatic rings. The third-order valence-electron chi connectivity index (χ3n) is 3.27. The fourth-order valence-electron chi connectivity index (χ4n) is 2.34. The first-order chi connectivity index (χ1) is 8.28. The number of thioether (sulfide) groups is 1.